The van der Waals surface area contributed by atoms with Gasteiger partial charge in [0.05, 0.1) is 15.9 Å². The molecule has 3 N–H and O–H groups in total. The monoisotopic (exact) mass is 464 g/mol. The van der Waals surface area contributed by atoms with Crippen molar-refractivity contribution in [3.63, 3.8) is 0 Å². The number of aromatic amines is 1. The standard InChI is InChI=1S/C24H22ClFN6O/c1-3-18(33)31-8-10-32(11-9-31)24-15-12-16(25)20(22(26)14(15)6-7-28-24)19-13(2)4-5-17-21(19)23(27)30-29-17/h3-7,12H,1,8-11H2,2H3,(H3,27,29,30). The minimum Gasteiger partial charge on any atom is -0.382 e. The summed E-state index contributed by atoms with van der Waals surface area (Å²) in [5.41, 5.74) is 8.57. The van der Waals surface area contributed by atoms with Crippen molar-refractivity contribution >= 4 is 50.8 Å². The van der Waals surface area contributed by atoms with Crippen LogP contribution >= 0.6 is 11.6 Å². The van der Waals surface area contributed by atoms with Crippen molar-refractivity contribution in [2.45, 2.75) is 6.92 Å². The van der Waals surface area contributed by atoms with E-state index in [-0.39, 0.29) is 10.9 Å². The van der Waals surface area contributed by atoms with Gasteiger partial charge in [0.2, 0.25) is 5.91 Å². The van der Waals surface area contributed by atoms with E-state index in [1.807, 2.05) is 24.0 Å². The minimum absolute atomic E-state index is 0.0951. The molecule has 33 heavy (non-hydrogen) atoms. The van der Waals surface area contributed by atoms with E-state index < -0.39 is 5.82 Å². The highest BCUT2D eigenvalue weighted by atomic mass is 35.5. The van der Waals surface area contributed by atoms with E-state index >= 15 is 4.39 Å². The Morgan fingerprint density at radius 3 is 2.70 bits per heavy atom. The maximum Gasteiger partial charge on any atom is 0.246 e. The zero-order valence-corrected chi connectivity index (χ0v) is 18.8. The number of benzene rings is 2. The highest BCUT2D eigenvalue weighted by Gasteiger charge is 2.25. The number of hydrogen-bond donors (Lipinski definition) is 2. The maximum atomic E-state index is 16.1. The van der Waals surface area contributed by atoms with Crippen molar-refractivity contribution in [3.8, 4) is 11.1 Å². The predicted molar refractivity (Wildman–Crippen MR) is 130 cm³/mol. The number of nitrogen functional groups attached to an aromatic ring is 1. The van der Waals surface area contributed by atoms with Gasteiger partial charge >= 0.3 is 0 Å². The molecule has 1 amide bonds. The van der Waals surface area contributed by atoms with Crippen LogP contribution in [-0.4, -0.2) is 52.2 Å². The Labute approximate surface area is 194 Å². The Bertz CT molecular complexity index is 1420. The summed E-state index contributed by atoms with van der Waals surface area (Å²) in [6.07, 6.45) is 2.91. The first-order valence-electron chi connectivity index (χ1n) is 10.6. The Kier molecular flexibility index (Phi) is 5.17. The molecule has 5 rings (SSSR count). The van der Waals surface area contributed by atoms with Crippen LogP contribution in [0.25, 0.3) is 32.8 Å². The van der Waals surface area contributed by atoms with E-state index in [0.717, 1.165) is 5.56 Å². The normalized spacial score (nSPS) is 14.3. The molecule has 1 aliphatic heterocycles. The lowest BCUT2D eigenvalue weighted by atomic mass is 9.94. The molecule has 2 aromatic heterocycles. The van der Waals surface area contributed by atoms with Gasteiger partial charge in [-0.25, -0.2) is 9.37 Å². The van der Waals surface area contributed by atoms with E-state index in [1.54, 1.807) is 23.2 Å². The van der Waals surface area contributed by atoms with Gasteiger partial charge in [-0.05, 0) is 36.8 Å². The van der Waals surface area contributed by atoms with Crippen molar-refractivity contribution in [3.05, 3.63) is 59.5 Å². The first kappa shape index (κ1) is 21.2. The quantitative estimate of drug-likeness (QED) is 0.441. The number of carbonyl (C=O) groups is 1. The highest BCUT2D eigenvalue weighted by molar-refractivity contribution is 6.35. The van der Waals surface area contributed by atoms with Gasteiger partial charge in [-0.3, -0.25) is 9.89 Å². The number of hydrogen-bond acceptors (Lipinski definition) is 5. The van der Waals surface area contributed by atoms with Crippen LogP contribution in [0.5, 0.6) is 0 Å². The number of halogens is 2. The molecule has 1 fully saturated rings. The molecule has 1 saturated heterocycles. The summed E-state index contributed by atoms with van der Waals surface area (Å²) in [5, 5.41) is 8.92. The lowest BCUT2D eigenvalue weighted by molar-refractivity contribution is -0.126. The average Bonchev–Trinajstić information content (AvgIpc) is 3.20. The zero-order valence-electron chi connectivity index (χ0n) is 18.0. The number of fused-ring (bicyclic) bond motifs is 2. The Morgan fingerprint density at radius 2 is 1.97 bits per heavy atom. The fraction of sp³-hybridized carbons (Fsp3) is 0.208. The second-order valence-corrected chi connectivity index (χ2v) is 8.49. The molecule has 0 aliphatic carbocycles. The number of aromatic nitrogens is 3. The summed E-state index contributed by atoms with van der Waals surface area (Å²) in [6, 6.07) is 7.16. The van der Waals surface area contributed by atoms with Crippen molar-refractivity contribution in [1.29, 1.82) is 0 Å². The number of rotatable bonds is 3. The maximum absolute atomic E-state index is 16.1. The van der Waals surface area contributed by atoms with Gasteiger partial charge in [-0.2, -0.15) is 5.10 Å². The van der Waals surface area contributed by atoms with E-state index in [9.17, 15) is 4.79 Å². The third-order valence-electron chi connectivity index (χ3n) is 6.22. The molecular formula is C24H22ClFN6O. The highest BCUT2D eigenvalue weighted by Crippen LogP contribution is 2.43. The van der Waals surface area contributed by atoms with Crippen LogP contribution in [0.4, 0.5) is 16.0 Å². The number of aryl methyl sites for hydroxylation is 1. The van der Waals surface area contributed by atoms with Crippen LogP contribution < -0.4 is 10.6 Å². The van der Waals surface area contributed by atoms with Crippen LogP contribution in [-0.2, 0) is 4.79 Å². The molecule has 0 atom stereocenters. The smallest absolute Gasteiger partial charge is 0.246 e. The topological polar surface area (TPSA) is 91.1 Å². The molecule has 9 heteroatoms. The number of amides is 1. The summed E-state index contributed by atoms with van der Waals surface area (Å²) >= 11 is 6.71. The van der Waals surface area contributed by atoms with Gasteiger partial charge in [0.25, 0.3) is 0 Å². The molecule has 3 heterocycles. The fourth-order valence-corrected chi connectivity index (χ4v) is 4.83. The zero-order chi connectivity index (χ0) is 23.3. The molecular weight excluding hydrogens is 443 g/mol. The van der Waals surface area contributed by atoms with Crippen molar-refractivity contribution in [2.75, 3.05) is 36.8 Å². The third kappa shape index (κ3) is 3.38. The van der Waals surface area contributed by atoms with E-state index in [4.69, 9.17) is 17.3 Å². The van der Waals surface area contributed by atoms with Crippen molar-refractivity contribution < 1.29 is 9.18 Å². The predicted octanol–water partition coefficient (Wildman–Crippen LogP) is 4.30. The van der Waals surface area contributed by atoms with Crippen molar-refractivity contribution in [1.82, 2.24) is 20.1 Å². The molecule has 0 radical (unpaired) electrons. The number of piperazine rings is 1. The van der Waals surface area contributed by atoms with Gasteiger partial charge < -0.3 is 15.5 Å². The van der Waals surface area contributed by atoms with Crippen LogP contribution in [0.3, 0.4) is 0 Å². The van der Waals surface area contributed by atoms with E-state index in [1.165, 1.54) is 6.08 Å². The molecule has 4 aromatic rings. The van der Waals surface area contributed by atoms with Crippen LogP contribution in [0.1, 0.15) is 5.56 Å². The summed E-state index contributed by atoms with van der Waals surface area (Å²) in [5.74, 6) is 0.407. The first-order chi connectivity index (χ1) is 15.9. The van der Waals surface area contributed by atoms with Gasteiger partial charge in [-0.15, -0.1) is 0 Å². The summed E-state index contributed by atoms with van der Waals surface area (Å²) in [6.45, 7) is 7.68. The Balaban J connectivity index is 1.64. The molecule has 0 spiro atoms. The number of anilines is 2. The van der Waals surface area contributed by atoms with Crippen LogP contribution in [0.15, 0.2) is 43.1 Å². The Hall–Kier alpha value is -3.65. The van der Waals surface area contributed by atoms with E-state index in [2.05, 4.69) is 21.8 Å². The van der Waals surface area contributed by atoms with Crippen LogP contribution in [0.2, 0.25) is 5.02 Å². The van der Waals surface area contributed by atoms with Gasteiger partial charge in [0, 0.05) is 54.3 Å². The lowest BCUT2D eigenvalue weighted by Crippen LogP contribution is -2.48. The molecule has 0 bridgehead atoms. The summed E-state index contributed by atoms with van der Waals surface area (Å²) in [7, 11) is 0. The second-order valence-electron chi connectivity index (χ2n) is 8.08. The van der Waals surface area contributed by atoms with E-state index in [0.29, 0.717) is 70.6 Å². The number of nitrogens with one attached hydrogen (secondary N) is 1. The number of carbonyl (C=O) groups excluding carboxylic acids is 1. The molecule has 7 nitrogen and oxygen atoms in total. The summed E-state index contributed by atoms with van der Waals surface area (Å²) < 4.78 is 16.1. The minimum atomic E-state index is -0.433. The van der Waals surface area contributed by atoms with Gasteiger partial charge in [-0.1, -0.05) is 24.2 Å². The molecule has 168 valence electrons. The molecule has 0 unspecified atom stereocenters. The van der Waals surface area contributed by atoms with Gasteiger partial charge in [0.15, 0.2) is 5.82 Å². The molecule has 0 saturated carbocycles. The largest absolute Gasteiger partial charge is 0.382 e. The number of pyridine rings is 1. The fourth-order valence-electron chi connectivity index (χ4n) is 4.55. The van der Waals surface area contributed by atoms with Crippen LogP contribution in [0, 0.1) is 12.7 Å². The van der Waals surface area contributed by atoms with Crippen molar-refractivity contribution in [2.24, 2.45) is 0 Å². The lowest BCUT2D eigenvalue weighted by Gasteiger charge is -2.35. The average molecular weight is 465 g/mol. The first-order valence-corrected chi connectivity index (χ1v) is 10.9. The molecule has 1 aliphatic rings. The Morgan fingerprint density at radius 1 is 1.21 bits per heavy atom. The number of nitrogens with zero attached hydrogens (tertiary/aromatic N) is 4. The molecule has 2 aromatic carbocycles. The number of nitrogens with two attached hydrogens (primary N) is 1. The SMILES string of the molecule is C=CC(=O)N1CCN(c2nccc3c(F)c(-c4c(C)ccc5[nH]nc(N)c45)c(Cl)cc23)CC1. The summed E-state index contributed by atoms with van der Waals surface area (Å²) in [4.78, 5) is 20.2. The number of H-pyrrole nitrogens is 1. The third-order valence-corrected chi connectivity index (χ3v) is 6.52. The van der Waals surface area contributed by atoms with Gasteiger partial charge in [0.1, 0.15) is 11.6 Å². The second kappa shape index (κ2) is 8.04.